The molecule has 2 aromatic heterocycles. The molecule has 11 nitrogen and oxygen atoms in total. The molecule has 2 aliphatic heterocycles. The van der Waals surface area contributed by atoms with Gasteiger partial charge in [-0.25, -0.2) is 9.78 Å². The number of methoxy groups -OCH3 is 2. The first-order valence-electron chi connectivity index (χ1n) is 12.3. The number of β-amino-alcohol motifs (C(OH)–C–C–N with tert-alkyl or cyclic N) is 1. The fourth-order valence-corrected chi connectivity index (χ4v) is 4.99. The van der Waals surface area contributed by atoms with Crippen LogP contribution in [-0.4, -0.2) is 89.8 Å². The van der Waals surface area contributed by atoms with E-state index in [-0.39, 0.29) is 25.6 Å². The summed E-state index contributed by atoms with van der Waals surface area (Å²) in [5.41, 5.74) is 2.58. The van der Waals surface area contributed by atoms with Gasteiger partial charge in [0.15, 0.2) is 5.65 Å². The number of carbonyl (C=O) groups excluding carboxylic acids is 1. The van der Waals surface area contributed by atoms with Crippen LogP contribution < -0.4 is 14.5 Å². The number of aromatic nitrogens is 3. The number of ether oxygens (including phenoxy) is 3. The maximum absolute atomic E-state index is 12.5. The smallest absolute Gasteiger partial charge is 0.328 e. The molecule has 0 saturated carbocycles. The number of anilines is 2. The molecule has 196 valence electrons. The molecule has 3 aromatic rings. The first-order chi connectivity index (χ1) is 17.9. The van der Waals surface area contributed by atoms with Gasteiger partial charge in [0.1, 0.15) is 17.6 Å². The highest BCUT2D eigenvalue weighted by atomic mass is 16.5. The van der Waals surface area contributed by atoms with Gasteiger partial charge in [0.2, 0.25) is 5.95 Å². The van der Waals surface area contributed by atoms with Crippen molar-refractivity contribution in [2.45, 2.75) is 38.1 Å². The number of carbonyl (C=O) groups is 1. The van der Waals surface area contributed by atoms with E-state index in [0.29, 0.717) is 54.2 Å². The average molecular weight is 510 g/mol. The van der Waals surface area contributed by atoms with Crippen molar-refractivity contribution >= 4 is 28.8 Å². The molecule has 2 saturated heterocycles. The normalized spacial score (nSPS) is 21.9. The van der Waals surface area contributed by atoms with Crippen LogP contribution in [0.3, 0.4) is 0 Å². The van der Waals surface area contributed by atoms with Crippen LogP contribution in [0.2, 0.25) is 0 Å². The first kappa shape index (κ1) is 25.1. The van der Waals surface area contributed by atoms with Crippen molar-refractivity contribution in [1.82, 2.24) is 15.0 Å². The fraction of sp³-hybridized carbons (Fsp3) is 0.462. The number of fused-ring (bicyclic) bond motifs is 1. The average Bonchev–Trinajstić information content (AvgIpc) is 3.33. The monoisotopic (exact) mass is 509 g/mol. The second-order valence-electron chi connectivity index (χ2n) is 9.30. The Morgan fingerprint density at radius 2 is 2.00 bits per heavy atom. The van der Waals surface area contributed by atoms with Crippen LogP contribution in [0.5, 0.6) is 5.75 Å². The zero-order chi connectivity index (χ0) is 26.1. The number of benzene rings is 1. The molecule has 2 aliphatic rings. The van der Waals surface area contributed by atoms with Gasteiger partial charge < -0.3 is 34.2 Å². The maximum atomic E-state index is 12.5. The fourth-order valence-electron chi connectivity index (χ4n) is 4.99. The molecule has 0 radical (unpaired) electrons. The third-order valence-electron chi connectivity index (χ3n) is 6.92. The molecule has 5 rings (SSSR count). The van der Waals surface area contributed by atoms with Crippen molar-refractivity contribution in [2.24, 2.45) is 0 Å². The Bertz CT molecular complexity index is 1300. The minimum atomic E-state index is -0.704. The van der Waals surface area contributed by atoms with E-state index < -0.39 is 18.1 Å². The van der Waals surface area contributed by atoms with Gasteiger partial charge in [-0.3, -0.25) is 0 Å². The van der Waals surface area contributed by atoms with E-state index >= 15 is 0 Å². The number of aliphatic hydroxyl groups is 2. The van der Waals surface area contributed by atoms with Gasteiger partial charge in [-0.1, -0.05) is 0 Å². The molecule has 2 fully saturated rings. The van der Waals surface area contributed by atoms with Crippen LogP contribution in [0, 0.1) is 0 Å². The van der Waals surface area contributed by atoms with Crippen LogP contribution in [0.4, 0.5) is 11.8 Å². The first-order valence-corrected chi connectivity index (χ1v) is 12.3. The van der Waals surface area contributed by atoms with Crippen molar-refractivity contribution in [3.05, 3.63) is 35.9 Å². The van der Waals surface area contributed by atoms with E-state index in [1.54, 1.807) is 18.1 Å². The molecule has 1 aromatic carbocycles. The number of hydrogen-bond donors (Lipinski definition) is 2. The van der Waals surface area contributed by atoms with Gasteiger partial charge in [-0.15, -0.1) is 0 Å². The van der Waals surface area contributed by atoms with Gasteiger partial charge in [0, 0.05) is 30.6 Å². The number of nitrogens with zero attached hydrogens (tertiary/aromatic N) is 5. The van der Waals surface area contributed by atoms with Crippen LogP contribution in [-0.2, 0) is 20.9 Å². The van der Waals surface area contributed by atoms with Crippen molar-refractivity contribution in [2.75, 3.05) is 50.3 Å². The predicted octanol–water partition coefficient (Wildman–Crippen LogP) is 1.53. The summed E-state index contributed by atoms with van der Waals surface area (Å²) < 4.78 is 15.9. The standard InChI is InChI=1S/C26H31N5O6/c1-15-14-37-9-8-30(15)24-19-5-6-20(16-4-7-22(35-2)17(10-16)13-32)27-23(19)28-26(29-24)31-12-18(33)11-21(31)25(34)36-3/h4-7,10,15,18,21,32-33H,8-9,11-14H2,1-3H3/t15-,18?,21-/m0/s1. The van der Waals surface area contributed by atoms with E-state index in [1.807, 2.05) is 24.3 Å². The van der Waals surface area contributed by atoms with Crippen molar-refractivity contribution in [3.8, 4) is 17.0 Å². The molecule has 0 aliphatic carbocycles. The number of rotatable bonds is 6. The molecule has 1 unspecified atom stereocenters. The lowest BCUT2D eigenvalue weighted by atomic mass is 10.1. The topological polar surface area (TPSA) is 130 Å². The van der Waals surface area contributed by atoms with Crippen LogP contribution in [0.1, 0.15) is 18.9 Å². The van der Waals surface area contributed by atoms with E-state index in [0.717, 1.165) is 10.9 Å². The second-order valence-corrected chi connectivity index (χ2v) is 9.30. The Kier molecular flexibility index (Phi) is 7.09. The summed E-state index contributed by atoms with van der Waals surface area (Å²) in [5, 5.41) is 20.9. The van der Waals surface area contributed by atoms with Crippen molar-refractivity contribution in [3.63, 3.8) is 0 Å². The van der Waals surface area contributed by atoms with Gasteiger partial charge >= 0.3 is 5.97 Å². The summed E-state index contributed by atoms with van der Waals surface area (Å²) in [6, 6.07) is 8.75. The second kappa shape index (κ2) is 10.4. The minimum absolute atomic E-state index is 0.0775. The lowest BCUT2D eigenvalue weighted by molar-refractivity contribution is -0.142. The Morgan fingerprint density at radius 3 is 2.73 bits per heavy atom. The number of esters is 1. The number of pyridine rings is 1. The summed E-state index contributed by atoms with van der Waals surface area (Å²) in [5.74, 6) is 1.16. The van der Waals surface area contributed by atoms with E-state index in [2.05, 4.69) is 11.8 Å². The van der Waals surface area contributed by atoms with Gasteiger partial charge in [-0.05, 0) is 37.3 Å². The van der Waals surface area contributed by atoms with Crippen LogP contribution in [0.15, 0.2) is 30.3 Å². The summed E-state index contributed by atoms with van der Waals surface area (Å²) in [4.78, 5) is 30.8. The molecule has 11 heteroatoms. The lowest BCUT2D eigenvalue weighted by Crippen LogP contribution is -2.44. The number of aliphatic hydroxyl groups excluding tert-OH is 2. The molecule has 37 heavy (non-hydrogen) atoms. The Morgan fingerprint density at radius 1 is 1.16 bits per heavy atom. The highest BCUT2D eigenvalue weighted by molar-refractivity contribution is 5.90. The zero-order valence-corrected chi connectivity index (χ0v) is 21.1. The highest BCUT2D eigenvalue weighted by Gasteiger charge is 2.39. The molecule has 0 bridgehead atoms. The van der Waals surface area contributed by atoms with Gasteiger partial charge in [0.25, 0.3) is 0 Å². The number of morpholine rings is 1. The van der Waals surface area contributed by atoms with E-state index in [9.17, 15) is 15.0 Å². The number of hydrogen-bond acceptors (Lipinski definition) is 11. The summed E-state index contributed by atoms with van der Waals surface area (Å²) in [7, 11) is 2.89. The molecular formula is C26H31N5O6. The molecule has 2 N–H and O–H groups in total. The Balaban J connectivity index is 1.65. The lowest BCUT2D eigenvalue weighted by Gasteiger charge is -2.35. The quantitative estimate of drug-likeness (QED) is 0.469. The molecule has 3 atom stereocenters. The highest BCUT2D eigenvalue weighted by Crippen LogP contribution is 2.33. The minimum Gasteiger partial charge on any atom is -0.496 e. The van der Waals surface area contributed by atoms with E-state index in [4.69, 9.17) is 29.2 Å². The molecule has 4 heterocycles. The largest absolute Gasteiger partial charge is 0.496 e. The third-order valence-corrected chi connectivity index (χ3v) is 6.92. The zero-order valence-electron chi connectivity index (χ0n) is 21.1. The van der Waals surface area contributed by atoms with Gasteiger partial charge in [0.05, 0.1) is 57.3 Å². The third kappa shape index (κ3) is 4.77. The summed E-state index contributed by atoms with van der Waals surface area (Å²) >= 11 is 0. The van der Waals surface area contributed by atoms with E-state index in [1.165, 1.54) is 7.11 Å². The van der Waals surface area contributed by atoms with Crippen LogP contribution in [0.25, 0.3) is 22.3 Å². The summed E-state index contributed by atoms with van der Waals surface area (Å²) in [6.07, 6.45) is -0.467. The Labute approximate surface area is 214 Å². The summed E-state index contributed by atoms with van der Waals surface area (Å²) in [6.45, 7) is 3.90. The maximum Gasteiger partial charge on any atom is 0.328 e. The predicted molar refractivity (Wildman–Crippen MR) is 137 cm³/mol. The van der Waals surface area contributed by atoms with Crippen LogP contribution >= 0.6 is 0 Å². The molecule has 0 amide bonds. The van der Waals surface area contributed by atoms with Crippen molar-refractivity contribution in [1.29, 1.82) is 0 Å². The molecular weight excluding hydrogens is 478 g/mol. The van der Waals surface area contributed by atoms with Gasteiger partial charge in [-0.2, -0.15) is 9.97 Å². The Hall–Kier alpha value is -3.54. The van der Waals surface area contributed by atoms with Crippen molar-refractivity contribution < 1.29 is 29.2 Å². The SMILES string of the molecule is COC(=O)[C@@H]1CC(O)CN1c1nc(N2CCOC[C@@H]2C)c2ccc(-c3ccc(OC)c(CO)c3)nc2n1. The molecule has 0 spiro atoms.